The van der Waals surface area contributed by atoms with Crippen LogP contribution in [0.5, 0.6) is 0 Å². The largest absolute Gasteiger partial charge is 0.456 e. The summed E-state index contributed by atoms with van der Waals surface area (Å²) in [6.45, 7) is 0. The first-order valence-electron chi connectivity index (χ1n) is 5.57. The number of nitrogens with zero attached hydrogens (tertiary/aromatic N) is 2. The van der Waals surface area contributed by atoms with E-state index in [9.17, 15) is 18.0 Å². The average Bonchev–Trinajstić information content (AvgIpc) is 3.08. The molecule has 2 aromatic rings. The lowest BCUT2D eigenvalue weighted by molar-refractivity contribution is -0.0887. The third kappa shape index (κ3) is 1.68. The number of fused-ring (bicyclic) bond motifs is 1. The van der Waals surface area contributed by atoms with Crippen molar-refractivity contribution >= 4 is 11.3 Å². The number of halogens is 3. The number of carbonyl (C=O) groups is 1. The van der Waals surface area contributed by atoms with Crippen molar-refractivity contribution in [3.63, 3.8) is 0 Å². The summed E-state index contributed by atoms with van der Waals surface area (Å²) in [6.07, 6.45) is -1.42. The van der Waals surface area contributed by atoms with Crippen molar-refractivity contribution in [1.29, 1.82) is 0 Å². The Hall–Kier alpha value is -1.85. The summed E-state index contributed by atoms with van der Waals surface area (Å²) in [6, 6.07) is 4.79. The van der Waals surface area contributed by atoms with Crippen LogP contribution in [0.4, 0.5) is 13.2 Å². The number of pyridine rings is 1. The lowest BCUT2D eigenvalue weighted by atomic mass is 10.2. The van der Waals surface area contributed by atoms with E-state index in [1.807, 2.05) is 0 Å². The smallest absolute Gasteiger partial charge is 0.303 e. The number of hydrogen-bond acceptors (Lipinski definition) is 2. The molecule has 0 atom stereocenters. The van der Waals surface area contributed by atoms with E-state index >= 15 is 0 Å². The van der Waals surface area contributed by atoms with Gasteiger partial charge in [-0.2, -0.15) is 13.2 Å². The zero-order chi connectivity index (χ0) is 12.9. The van der Waals surface area contributed by atoms with E-state index in [0.717, 1.165) is 12.8 Å². The van der Waals surface area contributed by atoms with E-state index in [2.05, 4.69) is 4.98 Å². The van der Waals surface area contributed by atoms with E-state index in [1.54, 1.807) is 22.7 Å². The number of aromatic nitrogens is 2. The van der Waals surface area contributed by atoms with Crippen LogP contribution in [0.25, 0.3) is 5.52 Å². The molecule has 1 aliphatic rings. The second kappa shape index (κ2) is 3.57. The molecule has 94 valence electrons. The van der Waals surface area contributed by atoms with Gasteiger partial charge < -0.3 is 4.40 Å². The van der Waals surface area contributed by atoms with Crippen LogP contribution in [0.3, 0.4) is 0 Å². The van der Waals surface area contributed by atoms with Gasteiger partial charge in [0.2, 0.25) is 0 Å². The van der Waals surface area contributed by atoms with Gasteiger partial charge in [-0.05, 0) is 25.0 Å². The lowest BCUT2D eigenvalue weighted by Gasteiger charge is -2.02. The van der Waals surface area contributed by atoms with Gasteiger partial charge in [-0.3, -0.25) is 4.79 Å². The molecule has 3 rings (SSSR count). The number of carbonyl (C=O) groups excluding carboxylic acids is 1. The van der Waals surface area contributed by atoms with Crippen LogP contribution in [-0.4, -0.2) is 21.3 Å². The fourth-order valence-electron chi connectivity index (χ4n) is 1.99. The first-order valence-corrected chi connectivity index (χ1v) is 5.57. The number of alkyl halides is 3. The van der Waals surface area contributed by atoms with Gasteiger partial charge in [-0.25, -0.2) is 4.98 Å². The Morgan fingerprint density at radius 3 is 2.67 bits per heavy atom. The second-order valence-corrected chi connectivity index (χ2v) is 4.38. The van der Waals surface area contributed by atoms with Gasteiger partial charge in [0.15, 0.2) is 0 Å². The highest BCUT2D eigenvalue weighted by Gasteiger charge is 2.43. The van der Waals surface area contributed by atoms with Crippen LogP contribution in [0.1, 0.15) is 35.1 Å². The Labute approximate surface area is 100 Å². The summed E-state index contributed by atoms with van der Waals surface area (Å²) in [5.74, 6) is -1.15. The minimum atomic E-state index is -4.88. The molecule has 0 amide bonds. The number of rotatable bonds is 2. The monoisotopic (exact) mass is 254 g/mol. The van der Waals surface area contributed by atoms with E-state index < -0.39 is 17.7 Å². The highest BCUT2D eigenvalue weighted by atomic mass is 19.4. The number of imidazole rings is 1. The Balaban J connectivity index is 2.20. The van der Waals surface area contributed by atoms with Crippen LogP contribution >= 0.6 is 0 Å². The van der Waals surface area contributed by atoms with Crippen molar-refractivity contribution in [2.45, 2.75) is 24.9 Å². The molecule has 3 nitrogen and oxygen atoms in total. The third-order valence-corrected chi connectivity index (χ3v) is 2.99. The van der Waals surface area contributed by atoms with Crippen molar-refractivity contribution in [2.75, 3.05) is 0 Å². The molecule has 2 aromatic heterocycles. The number of ketones is 1. The molecule has 1 saturated carbocycles. The summed E-state index contributed by atoms with van der Waals surface area (Å²) >= 11 is 0. The molecular weight excluding hydrogens is 245 g/mol. The molecule has 0 N–H and O–H groups in total. The molecule has 0 unspecified atom stereocenters. The molecule has 2 heterocycles. The van der Waals surface area contributed by atoms with Crippen LogP contribution in [0.15, 0.2) is 24.4 Å². The molecule has 6 heteroatoms. The van der Waals surface area contributed by atoms with Gasteiger partial charge in [-0.1, -0.05) is 6.07 Å². The third-order valence-electron chi connectivity index (χ3n) is 2.99. The molecule has 0 bridgehead atoms. The van der Waals surface area contributed by atoms with E-state index in [-0.39, 0.29) is 11.4 Å². The maximum absolute atomic E-state index is 12.5. The minimum absolute atomic E-state index is 0.176. The molecule has 0 aliphatic heterocycles. The Kier molecular flexibility index (Phi) is 2.23. The van der Waals surface area contributed by atoms with Crippen molar-refractivity contribution in [3.8, 4) is 0 Å². The van der Waals surface area contributed by atoms with Crippen molar-refractivity contribution in [2.24, 2.45) is 0 Å². The van der Waals surface area contributed by atoms with Gasteiger partial charge in [0.1, 0.15) is 11.5 Å². The fraction of sp³-hybridized carbons (Fsp3) is 0.333. The van der Waals surface area contributed by atoms with Crippen molar-refractivity contribution < 1.29 is 18.0 Å². The molecule has 0 radical (unpaired) electrons. The summed E-state index contributed by atoms with van der Waals surface area (Å²) in [4.78, 5) is 15.2. The highest BCUT2D eigenvalue weighted by molar-refractivity contribution is 6.04. The highest BCUT2D eigenvalue weighted by Crippen LogP contribution is 2.40. The normalized spacial score (nSPS) is 16.2. The van der Waals surface area contributed by atoms with Crippen LogP contribution in [0.2, 0.25) is 0 Å². The Morgan fingerprint density at radius 2 is 2.06 bits per heavy atom. The molecule has 0 aromatic carbocycles. The van der Waals surface area contributed by atoms with Crippen LogP contribution in [0, 0.1) is 0 Å². The molecule has 18 heavy (non-hydrogen) atoms. The number of Topliss-reactive ketones (excluding diaryl/α,β-unsaturated/α-hetero) is 1. The summed E-state index contributed by atoms with van der Waals surface area (Å²) in [5.41, 5.74) is -0.272. The zero-order valence-electron chi connectivity index (χ0n) is 9.24. The van der Waals surface area contributed by atoms with Gasteiger partial charge in [0, 0.05) is 12.1 Å². The standard InChI is InChI=1S/C12H9F3N2O/c13-12(14,15)10(18)9-8-3-1-2-6-17(8)11(16-9)7-4-5-7/h1-3,6-7H,4-5H2. The second-order valence-electron chi connectivity index (χ2n) is 4.38. The predicted molar refractivity (Wildman–Crippen MR) is 57.6 cm³/mol. The first kappa shape index (κ1) is 11.3. The summed E-state index contributed by atoms with van der Waals surface area (Å²) in [5, 5.41) is 0. The summed E-state index contributed by atoms with van der Waals surface area (Å²) in [7, 11) is 0. The quantitative estimate of drug-likeness (QED) is 0.772. The van der Waals surface area contributed by atoms with Gasteiger partial charge in [-0.15, -0.1) is 0 Å². The molecular formula is C12H9F3N2O. The summed E-state index contributed by atoms with van der Waals surface area (Å²) < 4.78 is 39.0. The maximum atomic E-state index is 12.5. The van der Waals surface area contributed by atoms with Crippen molar-refractivity contribution in [1.82, 2.24) is 9.38 Å². The SMILES string of the molecule is O=C(c1nc(C2CC2)n2ccccc12)C(F)(F)F. The Bertz CT molecular complexity index is 626. The Morgan fingerprint density at radius 1 is 1.33 bits per heavy atom. The topological polar surface area (TPSA) is 34.4 Å². The van der Waals surface area contributed by atoms with E-state index in [1.165, 1.54) is 6.07 Å². The fourth-order valence-corrected chi connectivity index (χ4v) is 1.99. The van der Waals surface area contributed by atoms with Crippen LogP contribution in [-0.2, 0) is 0 Å². The maximum Gasteiger partial charge on any atom is 0.456 e. The molecule has 0 spiro atoms. The zero-order valence-corrected chi connectivity index (χ0v) is 9.24. The van der Waals surface area contributed by atoms with Gasteiger partial charge in [0.25, 0.3) is 5.78 Å². The predicted octanol–water partition coefficient (Wildman–Crippen LogP) is 2.96. The molecule has 0 saturated heterocycles. The van der Waals surface area contributed by atoms with Crippen molar-refractivity contribution in [3.05, 3.63) is 35.9 Å². The first-order chi connectivity index (χ1) is 8.48. The molecule has 1 aliphatic carbocycles. The van der Waals surface area contributed by atoms with Gasteiger partial charge >= 0.3 is 6.18 Å². The van der Waals surface area contributed by atoms with Crippen LogP contribution < -0.4 is 0 Å². The van der Waals surface area contributed by atoms with E-state index in [0.29, 0.717) is 5.82 Å². The lowest BCUT2D eigenvalue weighted by Crippen LogP contribution is -2.23. The number of hydrogen-bond donors (Lipinski definition) is 0. The minimum Gasteiger partial charge on any atom is -0.303 e. The molecule has 1 fully saturated rings. The average molecular weight is 254 g/mol. The van der Waals surface area contributed by atoms with Gasteiger partial charge in [0.05, 0.1) is 5.52 Å². The van der Waals surface area contributed by atoms with E-state index in [4.69, 9.17) is 0 Å².